The zero-order valence-corrected chi connectivity index (χ0v) is 11.7. The van der Waals surface area contributed by atoms with Crippen LogP contribution in [-0.2, 0) is 16.5 Å². The van der Waals surface area contributed by atoms with Crippen molar-refractivity contribution in [3.63, 3.8) is 0 Å². The molecule has 106 valence electrons. The molecule has 6 heteroatoms. The van der Waals surface area contributed by atoms with E-state index >= 15 is 0 Å². The summed E-state index contributed by atoms with van der Waals surface area (Å²) in [6, 6.07) is -0.120. The zero-order valence-electron chi connectivity index (χ0n) is 11.7. The van der Waals surface area contributed by atoms with Gasteiger partial charge >= 0.3 is 6.09 Å². The second-order valence-electron chi connectivity index (χ2n) is 4.91. The molecule has 19 heavy (non-hydrogen) atoms. The first-order valence-corrected chi connectivity index (χ1v) is 6.61. The van der Waals surface area contributed by atoms with Gasteiger partial charge in [0.25, 0.3) is 0 Å². The molecule has 0 aromatic carbocycles. The average Bonchev–Trinajstić information content (AvgIpc) is 2.98. The van der Waals surface area contributed by atoms with Gasteiger partial charge in [0.2, 0.25) is 0 Å². The van der Waals surface area contributed by atoms with E-state index in [4.69, 9.17) is 9.47 Å². The fourth-order valence-electron chi connectivity index (χ4n) is 2.18. The Morgan fingerprint density at radius 1 is 1.74 bits per heavy atom. The van der Waals surface area contributed by atoms with E-state index in [0.29, 0.717) is 6.61 Å². The van der Waals surface area contributed by atoms with E-state index in [1.165, 1.54) is 0 Å². The number of rotatable bonds is 4. The highest BCUT2D eigenvalue weighted by Crippen LogP contribution is 2.16. The Balaban J connectivity index is 1.79. The monoisotopic (exact) mass is 267 g/mol. The molecule has 1 aromatic rings. The number of carbonyl (C=O) groups excluding carboxylic acids is 1. The summed E-state index contributed by atoms with van der Waals surface area (Å²) in [5, 5.41) is 6.96. The topological polar surface area (TPSA) is 65.4 Å². The standard InChI is InChI=1S/C13H21N3O3/c1-9(12-7-14-16(3)10(12)2)15-13(17)19-8-11-5-4-6-18-11/h7,9,11H,4-6,8H2,1-3H3,(H,15,17)/t9-,11-/m0/s1. The Hall–Kier alpha value is -1.56. The van der Waals surface area contributed by atoms with Crippen molar-refractivity contribution in [2.45, 2.75) is 38.8 Å². The van der Waals surface area contributed by atoms with E-state index < -0.39 is 6.09 Å². The van der Waals surface area contributed by atoms with Crippen LogP contribution in [-0.4, -0.2) is 35.2 Å². The number of aryl methyl sites for hydroxylation is 1. The van der Waals surface area contributed by atoms with Crippen LogP contribution in [0.1, 0.15) is 37.1 Å². The van der Waals surface area contributed by atoms with Crippen LogP contribution >= 0.6 is 0 Å². The highest BCUT2D eigenvalue weighted by atomic mass is 16.6. The lowest BCUT2D eigenvalue weighted by molar-refractivity contribution is 0.0430. The Morgan fingerprint density at radius 3 is 3.11 bits per heavy atom. The summed E-state index contributed by atoms with van der Waals surface area (Å²) in [7, 11) is 1.88. The highest BCUT2D eigenvalue weighted by Gasteiger charge is 2.19. The van der Waals surface area contributed by atoms with E-state index in [9.17, 15) is 4.79 Å². The van der Waals surface area contributed by atoms with Crippen LogP contribution in [0, 0.1) is 6.92 Å². The third-order valence-corrected chi connectivity index (χ3v) is 3.50. The predicted octanol–water partition coefficient (Wildman–Crippen LogP) is 1.69. The SMILES string of the molecule is Cc1c([C@H](C)NC(=O)OC[C@@H]2CCCO2)cnn1C. The molecule has 0 spiro atoms. The van der Waals surface area contributed by atoms with Crippen molar-refractivity contribution in [3.8, 4) is 0 Å². The summed E-state index contributed by atoms with van der Waals surface area (Å²) < 4.78 is 12.3. The summed E-state index contributed by atoms with van der Waals surface area (Å²) in [6.45, 7) is 4.97. The molecule has 2 rings (SSSR count). The number of alkyl carbamates (subject to hydrolysis) is 1. The minimum atomic E-state index is -0.411. The van der Waals surface area contributed by atoms with E-state index in [1.807, 2.05) is 20.9 Å². The van der Waals surface area contributed by atoms with Crippen molar-refractivity contribution in [1.82, 2.24) is 15.1 Å². The van der Waals surface area contributed by atoms with E-state index in [1.54, 1.807) is 10.9 Å². The van der Waals surface area contributed by atoms with Gasteiger partial charge in [0.05, 0.1) is 18.3 Å². The normalized spacial score (nSPS) is 20.3. The van der Waals surface area contributed by atoms with Crippen LogP contribution in [0.4, 0.5) is 4.79 Å². The van der Waals surface area contributed by atoms with Crippen LogP contribution in [0.2, 0.25) is 0 Å². The van der Waals surface area contributed by atoms with Gasteiger partial charge in [-0.25, -0.2) is 4.79 Å². The van der Waals surface area contributed by atoms with E-state index in [-0.39, 0.29) is 12.1 Å². The molecule has 0 unspecified atom stereocenters. The number of carbonyl (C=O) groups is 1. The first-order chi connectivity index (χ1) is 9.08. The Morgan fingerprint density at radius 2 is 2.53 bits per heavy atom. The van der Waals surface area contributed by atoms with Gasteiger partial charge < -0.3 is 14.8 Å². The maximum absolute atomic E-state index is 11.7. The van der Waals surface area contributed by atoms with Crippen LogP contribution < -0.4 is 5.32 Å². The predicted molar refractivity (Wildman–Crippen MR) is 69.8 cm³/mol. The van der Waals surface area contributed by atoms with Gasteiger partial charge in [-0.2, -0.15) is 5.10 Å². The molecule has 0 bridgehead atoms. The Kier molecular flexibility index (Phi) is 4.42. The maximum atomic E-state index is 11.7. The minimum absolute atomic E-state index is 0.0567. The molecule has 1 aliphatic heterocycles. The molecule has 2 atom stereocenters. The van der Waals surface area contributed by atoms with Gasteiger partial charge in [0.15, 0.2) is 0 Å². The molecule has 1 amide bonds. The fourth-order valence-corrected chi connectivity index (χ4v) is 2.18. The van der Waals surface area contributed by atoms with E-state index in [0.717, 1.165) is 30.7 Å². The van der Waals surface area contributed by atoms with Gasteiger partial charge in [0, 0.05) is 24.9 Å². The lowest BCUT2D eigenvalue weighted by Gasteiger charge is -2.15. The highest BCUT2D eigenvalue weighted by molar-refractivity contribution is 5.67. The van der Waals surface area contributed by atoms with Crippen molar-refractivity contribution < 1.29 is 14.3 Å². The summed E-state index contributed by atoms with van der Waals surface area (Å²) in [4.78, 5) is 11.7. The molecular formula is C13H21N3O3. The van der Waals surface area contributed by atoms with Crippen molar-refractivity contribution in [1.29, 1.82) is 0 Å². The lowest BCUT2D eigenvalue weighted by Crippen LogP contribution is -2.30. The number of hydrogen-bond donors (Lipinski definition) is 1. The molecular weight excluding hydrogens is 246 g/mol. The van der Waals surface area contributed by atoms with Crippen LogP contribution in [0.3, 0.4) is 0 Å². The molecule has 6 nitrogen and oxygen atoms in total. The number of nitrogens with zero attached hydrogens (tertiary/aromatic N) is 2. The van der Waals surface area contributed by atoms with Crippen molar-refractivity contribution in [3.05, 3.63) is 17.5 Å². The quantitative estimate of drug-likeness (QED) is 0.901. The third kappa shape index (κ3) is 3.47. The number of nitrogens with one attached hydrogen (secondary N) is 1. The van der Waals surface area contributed by atoms with Gasteiger partial charge in [0.1, 0.15) is 6.61 Å². The minimum Gasteiger partial charge on any atom is -0.447 e. The summed E-state index contributed by atoms with van der Waals surface area (Å²) in [6.07, 6.45) is 3.42. The average molecular weight is 267 g/mol. The summed E-state index contributed by atoms with van der Waals surface area (Å²) in [5.74, 6) is 0. The molecule has 2 heterocycles. The van der Waals surface area contributed by atoms with Crippen molar-refractivity contribution in [2.24, 2.45) is 7.05 Å². The Bertz CT molecular complexity index is 438. The molecule has 0 saturated carbocycles. The fraction of sp³-hybridized carbons (Fsp3) is 0.692. The smallest absolute Gasteiger partial charge is 0.407 e. The molecule has 1 fully saturated rings. The molecule has 1 N–H and O–H groups in total. The molecule has 0 aliphatic carbocycles. The second-order valence-corrected chi connectivity index (χ2v) is 4.91. The number of aromatic nitrogens is 2. The Labute approximate surface area is 113 Å². The summed E-state index contributed by atoms with van der Waals surface area (Å²) in [5.41, 5.74) is 2.03. The van der Waals surface area contributed by atoms with Gasteiger partial charge in [-0.15, -0.1) is 0 Å². The zero-order chi connectivity index (χ0) is 13.8. The summed E-state index contributed by atoms with van der Waals surface area (Å²) >= 11 is 0. The van der Waals surface area contributed by atoms with Gasteiger partial charge in [-0.05, 0) is 26.7 Å². The molecule has 1 saturated heterocycles. The largest absolute Gasteiger partial charge is 0.447 e. The van der Waals surface area contributed by atoms with Crippen molar-refractivity contribution >= 4 is 6.09 Å². The van der Waals surface area contributed by atoms with E-state index in [2.05, 4.69) is 10.4 Å². The third-order valence-electron chi connectivity index (χ3n) is 3.50. The van der Waals surface area contributed by atoms with Gasteiger partial charge in [-0.3, -0.25) is 4.68 Å². The van der Waals surface area contributed by atoms with Crippen molar-refractivity contribution in [2.75, 3.05) is 13.2 Å². The maximum Gasteiger partial charge on any atom is 0.407 e. The molecule has 1 aliphatic rings. The first kappa shape index (κ1) is 13.9. The number of ether oxygens (including phenoxy) is 2. The number of hydrogen-bond acceptors (Lipinski definition) is 4. The van der Waals surface area contributed by atoms with Crippen LogP contribution in [0.15, 0.2) is 6.20 Å². The second kappa shape index (κ2) is 6.06. The van der Waals surface area contributed by atoms with Gasteiger partial charge in [-0.1, -0.05) is 0 Å². The molecule has 0 radical (unpaired) electrons. The number of amides is 1. The lowest BCUT2D eigenvalue weighted by atomic mass is 10.1. The van der Waals surface area contributed by atoms with Crippen LogP contribution in [0.5, 0.6) is 0 Å². The first-order valence-electron chi connectivity index (χ1n) is 6.61. The van der Waals surface area contributed by atoms with Crippen LogP contribution in [0.25, 0.3) is 0 Å². The molecule has 1 aromatic heterocycles.